The number of nitrogens with two attached hydrogens (primary N) is 1. The molecular formula is C14H26N2O3. The Labute approximate surface area is 115 Å². The van der Waals surface area contributed by atoms with Gasteiger partial charge in [0.2, 0.25) is 5.91 Å². The molecule has 19 heavy (non-hydrogen) atoms. The van der Waals surface area contributed by atoms with Crippen LogP contribution in [-0.4, -0.2) is 31.1 Å². The van der Waals surface area contributed by atoms with Crippen molar-refractivity contribution in [2.45, 2.75) is 58.0 Å². The lowest BCUT2D eigenvalue weighted by molar-refractivity contribution is -0.147. The predicted molar refractivity (Wildman–Crippen MR) is 73.3 cm³/mol. The zero-order valence-corrected chi connectivity index (χ0v) is 12.1. The molecule has 0 radical (unpaired) electrons. The van der Waals surface area contributed by atoms with Crippen molar-refractivity contribution in [2.24, 2.45) is 17.6 Å². The first-order valence-electron chi connectivity index (χ1n) is 7.11. The van der Waals surface area contributed by atoms with Gasteiger partial charge in [-0.2, -0.15) is 0 Å². The van der Waals surface area contributed by atoms with Gasteiger partial charge in [-0.1, -0.05) is 33.1 Å². The quantitative estimate of drug-likeness (QED) is 0.594. The van der Waals surface area contributed by atoms with Crippen LogP contribution in [-0.2, 0) is 14.3 Å². The molecule has 110 valence electrons. The topological polar surface area (TPSA) is 81.4 Å². The zero-order chi connectivity index (χ0) is 14.4. The second-order valence-corrected chi connectivity index (χ2v) is 5.66. The molecule has 0 heterocycles. The van der Waals surface area contributed by atoms with E-state index in [2.05, 4.69) is 5.32 Å². The van der Waals surface area contributed by atoms with E-state index < -0.39 is 12.0 Å². The zero-order valence-electron chi connectivity index (χ0n) is 12.1. The van der Waals surface area contributed by atoms with Gasteiger partial charge in [0.25, 0.3) is 0 Å². The molecule has 1 aliphatic carbocycles. The lowest BCUT2D eigenvalue weighted by atomic mass is 9.93. The molecular weight excluding hydrogens is 244 g/mol. The molecule has 0 saturated heterocycles. The molecule has 0 aromatic rings. The van der Waals surface area contributed by atoms with Crippen molar-refractivity contribution in [1.29, 1.82) is 0 Å². The van der Waals surface area contributed by atoms with E-state index in [9.17, 15) is 9.59 Å². The van der Waals surface area contributed by atoms with Crippen molar-refractivity contribution >= 4 is 11.9 Å². The molecule has 0 bridgehead atoms. The summed E-state index contributed by atoms with van der Waals surface area (Å²) in [6.45, 7) is 3.77. The van der Waals surface area contributed by atoms with Crippen molar-refractivity contribution in [1.82, 2.24) is 5.32 Å². The number of nitrogens with one attached hydrogen (secondary N) is 1. The summed E-state index contributed by atoms with van der Waals surface area (Å²) in [4.78, 5) is 24.0. The third-order valence-corrected chi connectivity index (χ3v) is 3.83. The highest BCUT2D eigenvalue weighted by molar-refractivity contribution is 5.86. The van der Waals surface area contributed by atoms with E-state index >= 15 is 0 Å². The number of rotatable bonds is 4. The minimum atomic E-state index is -0.590. The first-order valence-corrected chi connectivity index (χ1v) is 7.11. The molecule has 3 atom stereocenters. The number of amides is 1. The van der Waals surface area contributed by atoms with Crippen molar-refractivity contribution in [3.05, 3.63) is 0 Å². The summed E-state index contributed by atoms with van der Waals surface area (Å²) in [5.41, 5.74) is 6.06. The van der Waals surface area contributed by atoms with Gasteiger partial charge in [-0.25, -0.2) is 4.79 Å². The average Bonchev–Trinajstić information content (AvgIpc) is 2.59. The molecule has 1 rings (SSSR count). The first kappa shape index (κ1) is 16.0. The molecule has 1 amide bonds. The van der Waals surface area contributed by atoms with Crippen LogP contribution in [0, 0.1) is 11.8 Å². The summed E-state index contributed by atoms with van der Waals surface area (Å²) in [6, 6.07) is -0.694. The smallest absolute Gasteiger partial charge is 0.328 e. The Morgan fingerprint density at radius 1 is 1.21 bits per heavy atom. The highest BCUT2D eigenvalue weighted by atomic mass is 16.5. The number of esters is 1. The number of methoxy groups -OCH3 is 1. The molecule has 5 heteroatoms. The Kier molecular flexibility index (Phi) is 6.28. The number of ether oxygens (including phenoxy) is 1. The standard InChI is InChI=1S/C14H26N2O3/c1-9(2)12(14(18)19-3)16-13(17)10-7-5-4-6-8-11(10)15/h9-12H,4-8,15H2,1-3H3,(H,16,17)/t10?,11?,12-/m0/s1. The SMILES string of the molecule is COC(=O)[C@@H](NC(=O)C1CCCCCC1N)C(C)C. The maximum atomic E-state index is 12.3. The van der Waals surface area contributed by atoms with Gasteiger partial charge < -0.3 is 15.8 Å². The van der Waals surface area contributed by atoms with Crippen LogP contribution >= 0.6 is 0 Å². The Morgan fingerprint density at radius 2 is 1.84 bits per heavy atom. The van der Waals surface area contributed by atoms with Crippen LogP contribution in [0.25, 0.3) is 0 Å². The van der Waals surface area contributed by atoms with Gasteiger partial charge in [-0.3, -0.25) is 4.79 Å². The highest BCUT2D eigenvalue weighted by Gasteiger charge is 2.31. The molecule has 0 aliphatic heterocycles. The van der Waals surface area contributed by atoms with Gasteiger partial charge in [-0.15, -0.1) is 0 Å². The van der Waals surface area contributed by atoms with E-state index in [-0.39, 0.29) is 23.8 Å². The van der Waals surface area contributed by atoms with Gasteiger partial charge in [-0.05, 0) is 18.8 Å². The molecule has 1 aliphatic rings. The van der Waals surface area contributed by atoms with E-state index in [0.29, 0.717) is 0 Å². The Balaban J connectivity index is 2.67. The summed E-state index contributed by atoms with van der Waals surface area (Å²) in [7, 11) is 1.33. The van der Waals surface area contributed by atoms with Crippen LogP contribution < -0.4 is 11.1 Å². The molecule has 0 spiro atoms. The summed E-state index contributed by atoms with van der Waals surface area (Å²) in [5.74, 6) is -0.698. The predicted octanol–water partition coefficient (Wildman–Crippen LogP) is 1.21. The van der Waals surface area contributed by atoms with Gasteiger partial charge in [0.05, 0.1) is 13.0 Å². The Bertz CT molecular complexity index is 318. The number of hydrogen-bond acceptors (Lipinski definition) is 4. The monoisotopic (exact) mass is 270 g/mol. The van der Waals surface area contributed by atoms with Gasteiger partial charge in [0.15, 0.2) is 0 Å². The van der Waals surface area contributed by atoms with E-state index in [4.69, 9.17) is 10.5 Å². The largest absolute Gasteiger partial charge is 0.467 e. The summed E-state index contributed by atoms with van der Waals surface area (Å²) in [6.07, 6.45) is 4.91. The van der Waals surface area contributed by atoms with Crippen LogP contribution in [0.15, 0.2) is 0 Å². The van der Waals surface area contributed by atoms with Gasteiger partial charge in [0.1, 0.15) is 6.04 Å². The Morgan fingerprint density at radius 3 is 2.42 bits per heavy atom. The first-order chi connectivity index (χ1) is 8.97. The molecule has 1 saturated carbocycles. The molecule has 0 aromatic heterocycles. The van der Waals surface area contributed by atoms with Crippen molar-refractivity contribution in [3.8, 4) is 0 Å². The second kappa shape index (κ2) is 7.48. The average molecular weight is 270 g/mol. The van der Waals surface area contributed by atoms with Gasteiger partial charge >= 0.3 is 5.97 Å². The van der Waals surface area contributed by atoms with E-state index in [1.54, 1.807) is 0 Å². The van der Waals surface area contributed by atoms with Gasteiger partial charge in [0, 0.05) is 6.04 Å². The lowest BCUT2D eigenvalue weighted by Crippen LogP contribution is -2.50. The minimum absolute atomic E-state index is 0.00148. The normalized spacial score (nSPS) is 25.5. The van der Waals surface area contributed by atoms with Crippen LogP contribution in [0.4, 0.5) is 0 Å². The third-order valence-electron chi connectivity index (χ3n) is 3.83. The fourth-order valence-electron chi connectivity index (χ4n) is 2.55. The summed E-state index contributed by atoms with van der Waals surface area (Å²) < 4.78 is 4.73. The Hall–Kier alpha value is -1.10. The molecule has 5 nitrogen and oxygen atoms in total. The maximum Gasteiger partial charge on any atom is 0.328 e. The maximum absolute atomic E-state index is 12.3. The fraction of sp³-hybridized carbons (Fsp3) is 0.857. The third kappa shape index (κ3) is 4.49. The van der Waals surface area contributed by atoms with Crippen LogP contribution in [0.2, 0.25) is 0 Å². The molecule has 3 N–H and O–H groups in total. The minimum Gasteiger partial charge on any atom is -0.467 e. The number of carbonyl (C=O) groups is 2. The summed E-state index contributed by atoms with van der Waals surface area (Å²) >= 11 is 0. The van der Waals surface area contributed by atoms with Crippen LogP contribution in [0.5, 0.6) is 0 Å². The highest BCUT2D eigenvalue weighted by Crippen LogP contribution is 2.22. The van der Waals surface area contributed by atoms with E-state index in [0.717, 1.165) is 32.1 Å². The van der Waals surface area contributed by atoms with Crippen molar-refractivity contribution in [3.63, 3.8) is 0 Å². The van der Waals surface area contributed by atoms with Crippen molar-refractivity contribution < 1.29 is 14.3 Å². The molecule has 1 fully saturated rings. The fourth-order valence-corrected chi connectivity index (χ4v) is 2.55. The van der Waals surface area contributed by atoms with Crippen LogP contribution in [0.3, 0.4) is 0 Å². The summed E-state index contributed by atoms with van der Waals surface area (Å²) in [5, 5.41) is 2.80. The lowest BCUT2D eigenvalue weighted by Gasteiger charge is -2.25. The second-order valence-electron chi connectivity index (χ2n) is 5.66. The van der Waals surface area contributed by atoms with Crippen LogP contribution in [0.1, 0.15) is 46.0 Å². The number of hydrogen-bond donors (Lipinski definition) is 2. The molecule has 0 aromatic carbocycles. The van der Waals surface area contributed by atoms with E-state index in [1.165, 1.54) is 7.11 Å². The van der Waals surface area contributed by atoms with E-state index in [1.807, 2.05) is 13.8 Å². The molecule has 2 unspecified atom stereocenters. The van der Waals surface area contributed by atoms with Crippen molar-refractivity contribution in [2.75, 3.05) is 7.11 Å². The number of carbonyl (C=O) groups excluding carboxylic acids is 2.